The SMILES string of the molecule is N=C(/N=N\C(=N)c1cnccn1)c1cnccn1. The van der Waals surface area contributed by atoms with Crippen LogP contribution in [-0.4, -0.2) is 31.6 Å². The molecule has 0 aliphatic rings. The Morgan fingerprint density at radius 1 is 0.778 bits per heavy atom. The molecule has 0 bridgehead atoms. The number of nitrogens with zero attached hydrogens (tertiary/aromatic N) is 6. The van der Waals surface area contributed by atoms with Crippen LogP contribution in [-0.2, 0) is 0 Å². The first-order valence-electron chi connectivity index (χ1n) is 4.89. The summed E-state index contributed by atoms with van der Waals surface area (Å²) >= 11 is 0. The van der Waals surface area contributed by atoms with Crippen molar-refractivity contribution in [2.45, 2.75) is 0 Å². The lowest BCUT2D eigenvalue weighted by atomic mass is 10.4. The number of rotatable bonds is 2. The van der Waals surface area contributed by atoms with Gasteiger partial charge in [0, 0.05) is 24.8 Å². The molecule has 0 aromatic carbocycles. The number of nitrogens with one attached hydrogen (secondary N) is 2. The first-order valence-corrected chi connectivity index (χ1v) is 4.89. The molecule has 0 fully saturated rings. The van der Waals surface area contributed by atoms with Crippen LogP contribution in [0.5, 0.6) is 0 Å². The molecule has 0 atom stereocenters. The minimum Gasteiger partial charge on any atom is -0.279 e. The molecule has 0 aliphatic heterocycles. The second-order valence-corrected chi connectivity index (χ2v) is 3.08. The predicted molar refractivity (Wildman–Crippen MR) is 62.6 cm³/mol. The molecule has 18 heavy (non-hydrogen) atoms. The average Bonchev–Trinajstić information content (AvgIpc) is 2.46. The van der Waals surface area contributed by atoms with Gasteiger partial charge < -0.3 is 0 Å². The van der Waals surface area contributed by atoms with Crippen molar-refractivity contribution >= 4 is 11.7 Å². The lowest BCUT2D eigenvalue weighted by molar-refractivity contribution is 1.12. The van der Waals surface area contributed by atoms with E-state index in [9.17, 15) is 0 Å². The molecule has 0 saturated carbocycles. The first kappa shape index (κ1) is 11.6. The van der Waals surface area contributed by atoms with Crippen LogP contribution in [0.1, 0.15) is 11.4 Å². The molecule has 0 radical (unpaired) electrons. The van der Waals surface area contributed by atoms with Gasteiger partial charge in [0.05, 0.1) is 12.4 Å². The van der Waals surface area contributed by atoms with E-state index in [4.69, 9.17) is 10.8 Å². The molecule has 2 heterocycles. The summed E-state index contributed by atoms with van der Waals surface area (Å²) in [5, 5.41) is 22.3. The van der Waals surface area contributed by atoms with Gasteiger partial charge in [-0.15, -0.1) is 10.2 Å². The van der Waals surface area contributed by atoms with Crippen molar-refractivity contribution in [3.63, 3.8) is 0 Å². The fraction of sp³-hybridized carbons (Fsp3) is 0. The van der Waals surface area contributed by atoms with Crippen molar-refractivity contribution in [2.75, 3.05) is 0 Å². The van der Waals surface area contributed by atoms with Crippen molar-refractivity contribution in [2.24, 2.45) is 10.2 Å². The first-order chi connectivity index (χ1) is 8.77. The predicted octanol–water partition coefficient (Wildman–Crippen LogP) is 1.07. The zero-order valence-electron chi connectivity index (χ0n) is 9.15. The highest BCUT2D eigenvalue weighted by Crippen LogP contribution is 1.98. The standard InChI is InChI=1S/C10H8N8/c11-9(7-5-13-1-3-15-7)17-18-10(12)8-6-14-2-4-16-8/h1-6,11-12H/b11-9?,12-10?,18-17-. The van der Waals surface area contributed by atoms with Gasteiger partial charge in [0.15, 0.2) is 11.7 Å². The van der Waals surface area contributed by atoms with Crippen LogP contribution in [0.15, 0.2) is 47.4 Å². The Morgan fingerprint density at radius 3 is 1.56 bits per heavy atom. The third kappa shape index (κ3) is 2.82. The van der Waals surface area contributed by atoms with Gasteiger partial charge in [0.25, 0.3) is 0 Å². The number of aromatic nitrogens is 4. The second-order valence-electron chi connectivity index (χ2n) is 3.08. The molecule has 0 aliphatic carbocycles. The smallest absolute Gasteiger partial charge is 0.194 e. The Bertz CT molecular complexity index is 524. The molecule has 8 nitrogen and oxygen atoms in total. The van der Waals surface area contributed by atoms with E-state index in [1.165, 1.54) is 37.2 Å². The summed E-state index contributed by atoms with van der Waals surface area (Å²) in [6.45, 7) is 0. The van der Waals surface area contributed by atoms with Gasteiger partial charge in [-0.25, -0.2) is 9.97 Å². The summed E-state index contributed by atoms with van der Waals surface area (Å²) in [4.78, 5) is 15.4. The zero-order valence-corrected chi connectivity index (χ0v) is 9.15. The third-order valence-corrected chi connectivity index (χ3v) is 1.86. The molecule has 2 aromatic heterocycles. The normalized spacial score (nSPS) is 10.4. The van der Waals surface area contributed by atoms with E-state index >= 15 is 0 Å². The van der Waals surface area contributed by atoms with E-state index in [-0.39, 0.29) is 23.1 Å². The van der Waals surface area contributed by atoms with E-state index in [2.05, 4.69) is 30.2 Å². The monoisotopic (exact) mass is 240 g/mol. The van der Waals surface area contributed by atoms with Crippen molar-refractivity contribution < 1.29 is 0 Å². The number of hydrogen-bond acceptors (Lipinski definition) is 6. The van der Waals surface area contributed by atoms with Gasteiger partial charge in [-0.05, 0) is 0 Å². The number of amidine groups is 2. The Morgan fingerprint density at radius 2 is 1.22 bits per heavy atom. The molecule has 2 N–H and O–H groups in total. The van der Waals surface area contributed by atoms with Gasteiger partial charge in [-0.2, -0.15) is 0 Å². The summed E-state index contributed by atoms with van der Waals surface area (Å²) in [6, 6.07) is 0. The van der Waals surface area contributed by atoms with E-state index in [0.29, 0.717) is 0 Å². The fourth-order valence-corrected chi connectivity index (χ4v) is 1.05. The Labute approximate surface area is 102 Å². The van der Waals surface area contributed by atoms with Crippen LogP contribution < -0.4 is 0 Å². The Hall–Kier alpha value is -2.90. The molecular formula is C10H8N8. The van der Waals surface area contributed by atoms with Crippen molar-refractivity contribution in [3.8, 4) is 0 Å². The fourth-order valence-electron chi connectivity index (χ4n) is 1.05. The summed E-state index contributed by atoms with van der Waals surface area (Å²) in [7, 11) is 0. The molecule has 2 rings (SSSR count). The minimum atomic E-state index is -0.170. The third-order valence-electron chi connectivity index (χ3n) is 1.86. The molecular weight excluding hydrogens is 232 g/mol. The molecule has 0 saturated heterocycles. The highest BCUT2D eigenvalue weighted by Gasteiger charge is 2.03. The molecule has 0 unspecified atom stereocenters. The van der Waals surface area contributed by atoms with Crippen molar-refractivity contribution in [3.05, 3.63) is 48.6 Å². The quantitative estimate of drug-likeness (QED) is 0.462. The Kier molecular flexibility index (Phi) is 3.50. The highest BCUT2D eigenvalue weighted by atomic mass is 15.2. The topological polar surface area (TPSA) is 124 Å². The molecule has 8 heteroatoms. The maximum Gasteiger partial charge on any atom is 0.194 e. The van der Waals surface area contributed by atoms with Gasteiger partial charge in [0.2, 0.25) is 0 Å². The second kappa shape index (κ2) is 5.43. The van der Waals surface area contributed by atoms with Crippen LogP contribution in [0.3, 0.4) is 0 Å². The van der Waals surface area contributed by atoms with Crippen LogP contribution >= 0.6 is 0 Å². The summed E-state index contributed by atoms with van der Waals surface area (Å²) in [5.74, 6) is -0.339. The van der Waals surface area contributed by atoms with E-state index in [1.807, 2.05) is 0 Å². The molecule has 0 amide bonds. The minimum absolute atomic E-state index is 0.170. The summed E-state index contributed by atoms with van der Waals surface area (Å²) in [6.07, 6.45) is 8.69. The van der Waals surface area contributed by atoms with Crippen LogP contribution in [0.2, 0.25) is 0 Å². The average molecular weight is 240 g/mol. The van der Waals surface area contributed by atoms with Crippen LogP contribution in [0.25, 0.3) is 0 Å². The van der Waals surface area contributed by atoms with Crippen molar-refractivity contribution in [1.29, 1.82) is 10.8 Å². The molecule has 88 valence electrons. The number of azo groups is 1. The molecule has 0 spiro atoms. The maximum atomic E-state index is 7.59. The zero-order chi connectivity index (χ0) is 12.8. The van der Waals surface area contributed by atoms with Crippen LogP contribution in [0.4, 0.5) is 0 Å². The van der Waals surface area contributed by atoms with Gasteiger partial charge in [-0.1, -0.05) is 0 Å². The van der Waals surface area contributed by atoms with Gasteiger partial charge >= 0.3 is 0 Å². The lowest BCUT2D eigenvalue weighted by Gasteiger charge is -1.95. The summed E-state index contributed by atoms with van der Waals surface area (Å²) in [5.41, 5.74) is 0.571. The highest BCUT2D eigenvalue weighted by molar-refractivity contribution is 5.98. The van der Waals surface area contributed by atoms with Gasteiger partial charge in [0.1, 0.15) is 11.4 Å². The maximum absolute atomic E-state index is 7.59. The summed E-state index contributed by atoms with van der Waals surface area (Å²) < 4.78 is 0. The van der Waals surface area contributed by atoms with Crippen molar-refractivity contribution in [1.82, 2.24) is 19.9 Å². The lowest BCUT2D eigenvalue weighted by Crippen LogP contribution is -2.02. The van der Waals surface area contributed by atoms with Crippen LogP contribution in [0, 0.1) is 10.8 Å². The van der Waals surface area contributed by atoms with E-state index in [1.54, 1.807) is 0 Å². The number of hydrogen-bond donors (Lipinski definition) is 2. The molecule has 2 aromatic rings. The van der Waals surface area contributed by atoms with E-state index < -0.39 is 0 Å². The largest absolute Gasteiger partial charge is 0.279 e. The Balaban J connectivity index is 2.08. The van der Waals surface area contributed by atoms with E-state index in [0.717, 1.165) is 0 Å². The van der Waals surface area contributed by atoms with Gasteiger partial charge in [-0.3, -0.25) is 20.8 Å².